The molecule has 4 N–H and O–H groups in total. The van der Waals surface area contributed by atoms with Crippen molar-refractivity contribution in [1.29, 1.82) is 0 Å². The smallest absolute Gasteiger partial charge is 0.444 e. The maximum Gasteiger partial charge on any atom is 0.488 e. The predicted octanol–water partition coefficient (Wildman–Crippen LogP) is 12.9. The lowest BCUT2D eigenvalue weighted by Crippen LogP contribution is -2.58. The highest BCUT2D eigenvalue weighted by Crippen LogP contribution is 2.43. The molecule has 0 saturated carbocycles. The van der Waals surface area contributed by atoms with Crippen molar-refractivity contribution in [2.75, 3.05) is 49.9 Å². The normalized spacial score (nSPS) is 19.6. The first kappa shape index (κ1) is 80.5. The second-order valence-electron chi connectivity index (χ2n) is 31.3. The lowest BCUT2D eigenvalue weighted by molar-refractivity contribution is -0.0645. The van der Waals surface area contributed by atoms with Gasteiger partial charge in [0.05, 0.1) is 115 Å². The predicted molar refractivity (Wildman–Crippen MR) is 402 cm³/mol. The fraction of sp³-hybridized carbons (Fsp3) is 0.583. The number of halogens is 2. The molecule has 104 heavy (non-hydrogen) atoms. The average Bonchev–Trinajstić information content (AvgIpc) is 1.60. The number of carbonyl (C=O) groups excluding carboxylic acids is 4. The largest absolute Gasteiger partial charge is 0.488 e. The van der Waals surface area contributed by atoms with Gasteiger partial charge in [0.2, 0.25) is 11.9 Å². The minimum Gasteiger partial charge on any atom is -0.444 e. The summed E-state index contributed by atoms with van der Waals surface area (Å²) in [6, 6.07) is 14.8. The molecule has 2 unspecified atom stereocenters. The molecule has 6 aliphatic heterocycles. The molecule has 0 aliphatic carbocycles. The van der Waals surface area contributed by atoms with E-state index in [9.17, 15) is 19.2 Å². The second-order valence-corrected chi connectivity index (χ2v) is 32.6. The molecule has 4 saturated heterocycles. The first-order valence-corrected chi connectivity index (χ1v) is 36.6. The summed E-state index contributed by atoms with van der Waals surface area (Å²) in [5, 5.41) is 21.1. The van der Waals surface area contributed by atoms with Crippen molar-refractivity contribution < 1.29 is 56.7 Å². The highest BCUT2D eigenvalue weighted by molar-refractivity contribution is 9.10. The number of amides is 6. The number of aryl methyl sites for hydroxylation is 2. The van der Waals surface area contributed by atoms with Gasteiger partial charge in [-0.1, -0.05) is 45.7 Å². The summed E-state index contributed by atoms with van der Waals surface area (Å²) in [5.74, 6) is 0.913. The van der Waals surface area contributed by atoms with E-state index in [0.29, 0.717) is 82.2 Å². The van der Waals surface area contributed by atoms with Crippen molar-refractivity contribution in [2.24, 2.45) is 14.1 Å². The first-order chi connectivity index (χ1) is 48.6. The van der Waals surface area contributed by atoms with Crippen molar-refractivity contribution in [3.05, 3.63) is 118 Å². The van der Waals surface area contributed by atoms with Crippen LogP contribution in [0.15, 0.2) is 90.2 Å². The van der Waals surface area contributed by atoms with Gasteiger partial charge >= 0.3 is 38.3 Å². The van der Waals surface area contributed by atoms with E-state index in [0.717, 1.165) is 49.4 Å². The molecule has 564 valence electrons. The van der Waals surface area contributed by atoms with Gasteiger partial charge in [-0.15, -0.1) is 0 Å². The van der Waals surface area contributed by atoms with Crippen LogP contribution in [-0.4, -0.2) is 195 Å². The third kappa shape index (κ3) is 21.8. The Balaban J connectivity index is 0.000000175. The van der Waals surface area contributed by atoms with Crippen LogP contribution < -0.4 is 21.3 Å². The molecule has 4 fully saturated rings. The molecule has 28 nitrogen and oxygen atoms in total. The van der Waals surface area contributed by atoms with E-state index >= 15 is 0 Å². The lowest BCUT2D eigenvalue weighted by atomic mass is 9.49. The molecular formula is C72H104B2BrClN16O12. The Kier molecular flexibility index (Phi) is 25.5. The summed E-state index contributed by atoms with van der Waals surface area (Å²) < 4.78 is 51.0. The van der Waals surface area contributed by atoms with E-state index in [2.05, 4.69) is 62.3 Å². The summed E-state index contributed by atoms with van der Waals surface area (Å²) in [4.78, 5) is 75.7. The zero-order chi connectivity index (χ0) is 76.0. The van der Waals surface area contributed by atoms with Gasteiger partial charge in [0, 0.05) is 75.1 Å². The Morgan fingerprint density at radius 1 is 0.577 bits per heavy atom. The number of hydrogen-bond donors (Lipinski definition) is 4. The lowest BCUT2D eigenvalue weighted by Gasteiger charge is -2.40. The molecular weight excluding hydrogens is 1420 g/mol. The zero-order valence-corrected chi connectivity index (χ0v) is 66.1. The number of rotatable bonds is 12. The number of likely N-dealkylation sites (tertiary alicyclic amines) is 2. The van der Waals surface area contributed by atoms with E-state index in [1.165, 1.54) is 0 Å². The second kappa shape index (κ2) is 33.0. The SMILES string of the molecule is CC(C)OC1CN(C(=O)NC2CCN(C(=O)OC(C)(C)C)Cc3cc(-c4ccnc(Nc5cnn(C)c5)n4)ccc32)C1.CC(C)OC1CN(C(=O)NC2CCN(C(=O)OC(C)(C)C)Cc3cc(Br)ccc32)C1.CC1(C)OB(B2OC(C)(C)C(C)(C)O2)OC1(C)C.Cn1cc(Nc2nccc(Cl)n2)cn1. The number of aromatic nitrogens is 8. The molecule has 6 amide bonds. The maximum absolute atomic E-state index is 13.2. The van der Waals surface area contributed by atoms with Gasteiger partial charge in [-0.3, -0.25) is 9.36 Å². The number of nitrogens with zero attached hydrogens (tertiary/aromatic N) is 12. The molecule has 0 bridgehead atoms. The Hall–Kier alpha value is -7.64. The molecule has 0 radical (unpaired) electrons. The van der Waals surface area contributed by atoms with Gasteiger partial charge < -0.3 is 78.4 Å². The van der Waals surface area contributed by atoms with Gasteiger partial charge in [0.15, 0.2) is 0 Å². The van der Waals surface area contributed by atoms with Crippen LogP contribution in [0.3, 0.4) is 0 Å². The van der Waals surface area contributed by atoms with Crippen molar-refractivity contribution in [1.82, 2.24) is 69.7 Å². The van der Waals surface area contributed by atoms with Crippen LogP contribution in [-0.2, 0) is 64.7 Å². The molecule has 6 aromatic rings. The Morgan fingerprint density at radius 3 is 1.38 bits per heavy atom. The quantitative estimate of drug-likeness (QED) is 0.0654. The minimum absolute atomic E-state index is 0.0628. The minimum atomic E-state index is -0.619. The summed E-state index contributed by atoms with van der Waals surface area (Å²) >= 11 is 9.22. The van der Waals surface area contributed by atoms with E-state index < -0.39 is 25.2 Å². The van der Waals surface area contributed by atoms with E-state index in [4.69, 9.17) is 54.1 Å². The standard InChI is InChI=1S/C30H40N8O4.C22H32BrN3O4.C12H24B2O4.C8H8ClN5/c1-19(2)41-23-17-38(18-23)28(39)35-26-10-12-37(29(40)42-30(3,4)5)15-21-13-20(7-8-24(21)26)25-9-11-31-27(34-25)33-22-14-32-36(6)16-22;1-14(2)29-17-12-26(13-17)20(27)24-19-8-9-25(21(28)30-22(3,4)5)11-15-10-16(23)6-7-18(15)19;1-9(2)10(3,4)16-13(15-9)14-17-11(5,6)12(7,8)18-14;1-14-5-6(4-11-14)12-8-10-3-2-7(9)13-8/h7-9,11,13-14,16,19,23,26H,10,12,15,17-18H2,1-6H3,(H,35,39)(H,31,33,34);6-7,10,14,17,19H,8-9,11-13H2,1-5H3,(H,24,27);1-8H3;2-5H,1H3,(H,10,12,13). The van der Waals surface area contributed by atoms with Crippen molar-refractivity contribution in [3.63, 3.8) is 0 Å². The van der Waals surface area contributed by atoms with Gasteiger partial charge in [-0.2, -0.15) is 10.2 Å². The number of hydrogen-bond acceptors (Lipinski definition) is 20. The Labute approximate surface area is 625 Å². The summed E-state index contributed by atoms with van der Waals surface area (Å²) in [6.07, 6.45) is 11.3. The molecule has 4 aromatic heterocycles. The fourth-order valence-electron chi connectivity index (χ4n) is 11.8. The maximum atomic E-state index is 13.2. The molecule has 2 aromatic carbocycles. The molecule has 10 heterocycles. The van der Waals surface area contributed by atoms with Crippen molar-refractivity contribution in [2.45, 2.75) is 221 Å². The number of nitrogens with one attached hydrogen (secondary N) is 4. The number of anilines is 4. The van der Waals surface area contributed by atoms with Crippen LogP contribution in [0.2, 0.25) is 5.15 Å². The topological polar surface area (TPSA) is 290 Å². The Morgan fingerprint density at radius 2 is 0.981 bits per heavy atom. The summed E-state index contributed by atoms with van der Waals surface area (Å²) in [7, 11) is 2.73. The van der Waals surface area contributed by atoms with Gasteiger partial charge in [0.1, 0.15) is 16.4 Å². The van der Waals surface area contributed by atoms with Crippen LogP contribution in [0, 0.1) is 0 Å². The van der Waals surface area contributed by atoms with Gasteiger partial charge in [-0.25, -0.2) is 39.1 Å². The number of ether oxygens (including phenoxy) is 4. The van der Waals surface area contributed by atoms with Crippen LogP contribution in [0.5, 0.6) is 0 Å². The van der Waals surface area contributed by atoms with E-state index in [1.54, 1.807) is 59.8 Å². The number of carbonyl (C=O) groups is 4. The van der Waals surface area contributed by atoms with E-state index in [1.807, 2.05) is 194 Å². The summed E-state index contributed by atoms with van der Waals surface area (Å²) in [6.45, 7) is 39.4. The monoisotopic (exact) mass is 1520 g/mol. The van der Waals surface area contributed by atoms with Crippen LogP contribution >= 0.6 is 27.5 Å². The number of urea groups is 2. The van der Waals surface area contributed by atoms with Gasteiger partial charge in [0.25, 0.3) is 0 Å². The highest BCUT2D eigenvalue weighted by atomic mass is 79.9. The number of fused-ring (bicyclic) bond motifs is 2. The van der Waals surface area contributed by atoms with Crippen molar-refractivity contribution in [3.8, 4) is 11.3 Å². The molecule has 6 aliphatic rings. The Bertz CT molecular complexity index is 3880. The molecule has 12 rings (SSSR count). The zero-order valence-electron chi connectivity index (χ0n) is 63.8. The number of benzene rings is 2. The van der Waals surface area contributed by atoms with Crippen LogP contribution in [0.4, 0.5) is 42.4 Å². The fourth-order valence-corrected chi connectivity index (χ4v) is 12.4. The highest BCUT2D eigenvalue weighted by Gasteiger charge is 2.64. The third-order valence-corrected chi connectivity index (χ3v) is 19.2. The van der Waals surface area contributed by atoms with Crippen LogP contribution in [0.1, 0.15) is 172 Å². The van der Waals surface area contributed by atoms with Gasteiger partial charge in [-0.05, 0) is 190 Å². The third-order valence-electron chi connectivity index (χ3n) is 18.5. The van der Waals surface area contributed by atoms with Crippen molar-refractivity contribution >= 4 is 89.1 Å². The molecule has 2 atom stereocenters. The first-order valence-electron chi connectivity index (χ1n) is 35.4. The van der Waals surface area contributed by atoms with E-state index in [-0.39, 0.29) is 83.2 Å². The molecule has 32 heteroatoms. The summed E-state index contributed by atoms with van der Waals surface area (Å²) in [5.41, 5.74) is 4.53. The van der Waals surface area contributed by atoms with Crippen LogP contribution in [0.25, 0.3) is 11.3 Å². The molecule has 0 spiro atoms. The average molecular weight is 1520 g/mol.